The topological polar surface area (TPSA) is 128 Å². The molecule has 0 aromatic carbocycles. The first-order valence-corrected chi connectivity index (χ1v) is 10.5. The van der Waals surface area contributed by atoms with E-state index in [1.807, 2.05) is 13.8 Å². The number of carbonyl (C=O) groups is 2. The molecule has 1 aliphatic carbocycles. The van der Waals surface area contributed by atoms with Crippen LogP contribution in [0.15, 0.2) is 12.4 Å². The van der Waals surface area contributed by atoms with Crippen molar-refractivity contribution >= 4 is 24.9 Å². The highest BCUT2D eigenvalue weighted by molar-refractivity contribution is 6.43. The molecule has 1 aliphatic heterocycles. The summed E-state index contributed by atoms with van der Waals surface area (Å²) in [5.41, 5.74) is 0. The van der Waals surface area contributed by atoms with E-state index in [0.717, 1.165) is 25.2 Å². The van der Waals surface area contributed by atoms with Crippen LogP contribution in [0.1, 0.15) is 46.0 Å². The molecule has 1 aromatic heterocycles. The van der Waals surface area contributed by atoms with Crippen LogP contribution in [0.2, 0.25) is 0 Å². The van der Waals surface area contributed by atoms with Gasteiger partial charge in [0, 0.05) is 6.54 Å². The quantitative estimate of drug-likeness (QED) is 0.392. The number of nitrogens with zero attached hydrogens (tertiary/aromatic N) is 3. The van der Waals surface area contributed by atoms with E-state index in [1.54, 1.807) is 4.90 Å². The number of halogens is 1. The van der Waals surface area contributed by atoms with Crippen molar-refractivity contribution < 1.29 is 24.0 Å². The largest absolute Gasteiger partial charge is 0.475 e. The molecule has 4 N–H and O–H groups in total. The number of nitrogens with one attached hydrogen (secondary N) is 2. The first kappa shape index (κ1) is 22.4. The van der Waals surface area contributed by atoms with Crippen molar-refractivity contribution in [1.82, 2.24) is 20.6 Å². The number of anilines is 1. The third-order valence-electron chi connectivity index (χ3n) is 5.50. The van der Waals surface area contributed by atoms with E-state index in [0.29, 0.717) is 31.7 Å². The van der Waals surface area contributed by atoms with Gasteiger partial charge in [-0.1, -0.05) is 26.7 Å². The maximum Gasteiger partial charge on any atom is 0.475 e. The molecule has 164 valence electrons. The van der Waals surface area contributed by atoms with E-state index in [4.69, 9.17) is 0 Å². The molecule has 0 bridgehead atoms. The van der Waals surface area contributed by atoms with Gasteiger partial charge < -0.3 is 25.6 Å². The number of rotatable bonds is 10. The zero-order chi connectivity index (χ0) is 21.8. The molecule has 0 radical (unpaired) electrons. The number of amides is 2. The molecule has 2 amide bonds. The molecule has 9 nitrogen and oxygen atoms in total. The fourth-order valence-corrected chi connectivity index (χ4v) is 3.59. The Bertz CT molecular complexity index is 747. The van der Waals surface area contributed by atoms with Gasteiger partial charge in [0.05, 0.1) is 18.3 Å². The predicted molar refractivity (Wildman–Crippen MR) is 109 cm³/mol. The van der Waals surface area contributed by atoms with E-state index in [-0.39, 0.29) is 17.8 Å². The lowest BCUT2D eigenvalue weighted by Gasteiger charge is -2.40. The molecule has 1 saturated carbocycles. The highest BCUT2D eigenvalue weighted by Gasteiger charge is 2.39. The van der Waals surface area contributed by atoms with Crippen LogP contribution in [0.3, 0.4) is 0 Å². The van der Waals surface area contributed by atoms with Crippen molar-refractivity contribution in [2.75, 3.05) is 11.4 Å². The summed E-state index contributed by atoms with van der Waals surface area (Å²) in [4.78, 5) is 35.2. The van der Waals surface area contributed by atoms with Gasteiger partial charge in [-0.15, -0.1) is 0 Å². The Hall–Kier alpha value is -2.27. The first-order valence-electron chi connectivity index (χ1n) is 10.5. The Kier molecular flexibility index (Phi) is 7.25. The summed E-state index contributed by atoms with van der Waals surface area (Å²) in [5.74, 6) is -1.29. The van der Waals surface area contributed by atoms with E-state index in [1.165, 1.54) is 0 Å². The van der Waals surface area contributed by atoms with Crippen LogP contribution < -0.4 is 15.5 Å². The van der Waals surface area contributed by atoms with Crippen LogP contribution in [0, 0.1) is 17.7 Å². The highest BCUT2D eigenvalue weighted by Crippen LogP contribution is 2.34. The standard InChI is InChI=1S/C19H29BFN5O4/c1-11(2)7-16(20(29)30)25-17(27)14(8-12-3-4-12)24-18(28)15-5-6-26(15)19-22-9-13(21)10-23-19/h9-12,14-16,29-30H,3-8H2,1-2H3,(H,24,28)(H,25,27)/t14-,15-,16?/m0/s1. The van der Waals surface area contributed by atoms with Gasteiger partial charge in [0.1, 0.15) is 12.1 Å². The van der Waals surface area contributed by atoms with Crippen molar-refractivity contribution in [1.29, 1.82) is 0 Å². The molecule has 2 heterocycles. The van der Waals surface area contributed by atoms with Gasteiger partial charge >= 0.3 is 7.12 Å². The van der Waals surface area contributed by atoms with Gasteiger partial charge in [0.2, 0.25) is 17.8 Å². The zero-order valence-electron chi connectivity index (χ0n) is 17.3. The molecule has 3 rings (SSSR count). The second-order valence-electron chi connectivity index (χ2n) is 8.60. The summed E-state index contributed by atoms with van der Waals surface area (Å²) < 4.78 is 13.1. The number of carbonyl (C=O) groups excluding carboxylic acids is 2. The minimum absolute atomic E-state index is 0.160. The summed E-state index contributed by atoms with van der Waals surface area (Å²) in [6.45, 7) is 4.41. The Morgan fingerprint density at radius 1 is 1.23 bits per heavy atom. The summed E-state index contributed by atoms with van der Waals surface area (Å²) in [5, 5.41) is 24.7. The lowest BCUT2D eigenvalue weighted by Crippen LogP contribution is -2.61. The number of hydrogen-bond donors (Lipinski definition) is 4. The summed E-state index contributed by atoms with van der Waals surface area (Å²) >= 11 is 0. The van der Waals surface area contributed by atoms with Crippen LogP contribution in [0.25, 0.3) is 0 Å². The van der Waals surface area contributed by atoms with Crippen LogP contribution in [-0.4, -0.2) is 63.5 Å². The third kappa shape index (κ3) is 5.88. The van der Waals surface area contributed by atoms with E-state index < -0.39 is 36.9 Å². The van der Waals surface area contributed by atoms with E-state index >= 15 is 0 Å². The fourth-order valence-electron chi connectivity index (χ4n) is 3.59. The highest BCUT2D eigenvalue weighted by atomic mass is 19.1. The second kappa shape index (κ2) is 9.70. The zero-order valence-corrected chi connectivity index (χ0v) is 17.3. The Labute approximate surface area is 175 Å². The molecule has 2 fully saturated rings. The van der Waals surface area contributed by atoms with Crippen LogP contribution in [0.4, 0.5) is 10.3 Å². The minimum atomic E-state index is -1.67. The van der Waals surface area contributed by atoms with Crippen LogP contribution >= 0.6 is 0 Å². The SMILES string of the molecule is CC(C)CC(NC(=O)[C@H](CC1CC1)NC(=O)[C@@H]1CCN1c1ncc(F)cn1)B(O)O. The van der Waals surface area contributed by atoms with Gasteiger partial charge in [0.15, 0.2) is 5.82 Å². The number of hydrogen-bond acceptors (Lipinski definition) is 7. The molecular weight excluding hydrogens is 392 g/mol. The van der Waals surface area contributed by atoms with Gasteiger partial charge in [-0.05, 0) is 31.1 Å². The molecule has 1 saturated heterocycles. The second-order valence-corrected chi connectivity index (χ2v) is 8.60. The van der Waals surface area contributed by atoms with E-state index in [2.05, 4.69) is 20.6 Å². The van der Waals surface area contributed by atoms with Gasteiger partial charge in [0.25, 0.3) is 0 Å². The maximum atomic E-state index is 13.1. The molecule has 11 heteroatoms. The smallest absolute Gasteiger partial charge is 0.426 e. The summed E-state index contributed by atoms with van der Waals surface area (Å²) in [6.07, 6.45) is 5.62. The predicted octanol–water partition coefficient (Wildman–Crippen LogP) is 0.0222. The average Bonchev–Trinajstić information content (AvgIpc) is 3.45. The molecule has 1 aromatic rings. The Balaban J connectivity index is 1.63. The normalized spacial score (nSPS) is 20.3. The average molecular weight is 421 g/mol. The molecular formula is C19H29BFN5O4. The van der Waals surface area contributed by atoms with Crippen LogP contribution in [-0.2, 0) is 9.59 Å². The molecule has 0 spiro atoms. The summed E-state index contributed by atoms with van der Waals surface area (Å²) in [6, 6.07) is -1.28. The third-order valence-corrected chi connectivity index (χ3v) is 5.50. The van der Waals surface area contributed by atoms with Crippen molar-refractivity contribution in [3.8, 4) is 0 Å². The fraction of sp³-hybridized carbons (Fsp3) is 0.684. The molecule has 2 aliphatic rings. The van der Waals surface area contributed by atoms with Gasteiger partial charge in [-0.3, -0.25) is 9.59 Å². The lowest BCUT2D eigenvalue weighted by molar-refractivity contribution is -0.130. The molecule has 3 atom stereocenters. The monoisotopic (exact) mass is 421 g/mol. The Morgan fingerprint density at radius 3 is 2.40 bits per heavy atom. The molecule has 1 unspecified atom stereocenters. The van der Waals surface area contributed by atoms with Crippen molar-refractivity contribution in [3.63, 3.8) is 0 Å². The van der Waals surface area contributed by atoms with Crippen molar-refractivity contribution in [2.24, 2.45) is 11.8 Å². The van der Waals surface area contributed by atoms with E-state index in [9.17, 15) is 24.0 Å². The minimum Gasteiger partial charge on any atom is -0.426 e. The van der Waals surface area contributed by atoms with Crippen molar-refractivity contribution in [2.45, 2.75) is 64.0 Å². The van der Waals surface area contributed by atoms with Crippen molar-refractivity contribution in [3.05, 3.63) is 18.2 Å². The van der Waals surface area contributed by atoms with Gasteiger partial charge in [-0.2, -0.15) is 0 Å². The van der Waals surface area contributed by atoms with Gasteiger partial charge in [-0.25, -0.2) is 14.4 Å². The maximum absolute atomic E-state index is 13.1. The molecule has 30 heavy (non-hydrogen) atoms. The summed E-state index contributed by atoms with van der Waals surface area (Å²) in [7, 11) is -1.67. The number of aromatic nitrogens is 2. The lowest BCUT2D eigenvalue weighted by atomic mass is 9.75. The Morgan fingerprint density at radius 2 is 1.90 bits per heavy atom. The first-order chi connectivity index (χ1) is 14.2. The van der Waals surface area contributed by atoms with Crippen LogP contribution in [0.5, 0.6) is 0 Å².